The number of hydrogen-bond acceptors (Lipinski definition) is 3. The van der Waals surface area contributed by atoms with Crippen molar-refractivity contribution in [2.75, 3.05) is 4.90 Å². The molecule has 4 nitrogen and oxygen atoms in total. The van der Waals surface area contributed by atoms with Crippen molar-refractivity contribution in [3.63, 3.8) is 0 Å². The summed E-state index contributed by atoms with van der Waals surface area (Å²) in [7, 11) is 0. The van der Waals surface area contributed by atoms with E-state index in [0.717, 1.165) is 62.2 Å². The monoisotopic (exact) mass is 848 g/mol. The fraction of sp³-hybridized carbons (Fsp3) is 0.0645. The lowest BCUT2D eigenvalue weighted by Crippen LogP contribution is -2.09. The summed E-state index contributed by atoms with van der Waals surface area (Å²) in [6, 6.07) is 78.2. The minimum atomic E-state index is 0.738. The molecular formula is C62H48N4. The van der Waals surface area contributed by atoms with E-state index in [1.165, 1.54) is 60.8 Å². The van der Waals surface area contributed by atoms with Gasteiger partial charge in [-0.05, 0) is 139 Å². The minimum absolute atomic E-state index is 0.738. The van der Waals surface area contributed by atoms with Crippen molar-refractivity contribution in [2.24, 2.45) is 0 Å². The summed E-state index contributed by atoms with van der Waals surface area (Å²) in [5.74, 6) is 0.738. The smallest absolute Gasteiger partial charge is 0.160 e. The van der Waals surface area contributed by atoms with Crippen LogP contribution in [0.3, 0.4) is 0 Å². The minimum Gasteiger partial charge on any atom is -0.310 e. The number of anilines is 3. The van der Waals surface area contributed by atoms with Crippen LogP contribution in [0.15, 0.2) is 218 Å². The number of aryl methyl sites for hydroxylation is 4. The molecule has 0 unspecified atom stereocenters. The number of rotatable bonds is 9. The van der Waals surface area contributed by atoms with E-state index in [9.17, 15) is 0 Å². The van der Waals surface area contributed by atoms with E-state index in [0.29, 0.717) is 0 Å². The number of benzene rings is 9. The van der Waals surface area contributed by atoms with Gasteiger partial charge >= 0.3 is 0 Å². The number of aromatic nitrogens is 3. The molecular weight excluding hydrogens is 801 g/mol. The zero-order chi connectivity index (χ0) is 44.7. The lowest BCUT2D eigenvalue weighted by molar-refractivity contribution is 1.17. The third-order valence-electron chi connectivity index (χ3n) is 12.9. The largest absolute Gasteiger partial charge is 0.310 e. The first-order valence-corrected chi connectivity index (χ1v) is 22.7. The van der Waals surface area contributed by atoms with Gasteiger partial charge in [0.2, 0.25) is 0 Å². The van der Waals surface area contributed by atoms with Crippen LogP contribution in [0, 0.1) is 27.7 Å². The lowest BCUT2D eigenvalue weighted by atomic mass is 9.91. The number of para-hydroxylation sites is 3. The van der Waals surface area contributed by atoms with E-state index >= 15 is 0 Å². The molecule has 11 aromatic rings. The SMILES string of the molecule is Cc1ccccc1-c1cc(-c2ccc(-c3cc(C)c(-c4ccc(-n5c6ccccc6c6cc(N(c7ccccc7)c7ccccc7)ccc65)cc4)c(C)c3)cc2)nc(-c2ccccc2C)n1. The summed E-state index contributed by atoms with van der Waals surface area (Å²) < 4.78 is 2.40. The Bertz CT molecular complexity index is 3430. The molecule has 316 valence electrons. The first kappa shape index (κ1) is 40.4. The van der Waals surface area contributed by atoms with Crippen molar-refractivity contribution < 1.29 is 0 Å². The fourth-order valence-corrected chi connectivity index (χ4v) is 9.71. The second kappa shape index (κ2) is 17.0. The molecule has 0 atom stereocenters. The highest BCUT2D eigenvalue weighted by Crippen LogP contribution is 2.41. The zero-order valence-corrected chi connectivity index (χ0v) is 37.6. The van der Waals surface area contributed by atoms with Gasteiger partial charge in [0.15, 0.2) is 5.82 Å². The van der Waals surface area contributed by atoms with Crippen molar-refractivity contribution in [2.45, 2.75) is 27.7 Å². The number of hydrogen-bond donors (Lipinski definition) is 0. The van der Waals surface area contributed by atoms with Crippen molar-refractivity contribution in [3.8, 4) is 61.8 Å². The maximum absolute atomic E-state index is 5.13. The summed E-state index contributed by atoms with van der Waals surface area (Å²) in [5.41, 5.74) is 21.6. The van der Waals surface area contributed by atoms with Gasteiger partial charge in [0.1, 0.15) is 0 Å². The fourth-order valence-electron chi connectivity index (χ4n) is 9.71. The highest BCUT2D eigenvalue weighted by molar-refractivity contribution is 6.10. The highest BCUT2D eigenvalue weighted by Gasteiger charge is 2.19. The van der Waals surface area contributed by atoms with Gasteiger partial charge < -0.3 is 9.47 Å². The lowest BCUT2D eigenvalue weighted by Gasteiger charge is -2.25. The van der Waals surface area contributed by atoms with E-state index in [-0.39, 0.29) is 0 Å². The molecule has 0 amide bonds. The molecule has 4 heteroatoms. The molecule has 2 heterocycles. The van der Waals surface area contributed by atoms with E-state index < -0.39 is 0 Å². The Hall–Kier alpha value is -8.34. The van der Waals surface area contributed by atoms with Crippen LogP contribution < -0.4 is 4.90 Å². The second-order valence-electron chi connectivity index (χ2n) is 17.3. The van der Waals surface area contributed by atoms with Crippen LogP contribution in [-0.4, -0.2) is 14.5 Å². The van der Waals surface area contributed by atoms with Gasteiger partial charge in [0, 0.05) is 50.2 Å². The highest BCUT2D eigenvalue weighted by atomic mass is 15.1. The average Bonchev–Trinajstić information content (AvgIpc) is 3.68. The van der Waals surface area contributed by atoms with Crippen molar-refractivity contribution in [1.29, 1.82) is 0 Å². The Labute approximate surface area is 386 Å². The van der Waals surface area contributed by atoms with Gasteiger partial charge in [-0.3, -0.25) is 0 Å². The van der Waals surface area contributed by atoms with Crippen LogP contribution in [0.2, 0.25) is 0 Å². The summed E-state index contributed by atoms with van der Waals surface area (Å²) in [6.07, 6.45) is 0. The first-order chi connectivity index (χ1) is 32.4. The average molecular weight is 849 g/mol. The normalized spacial score (nSPS) is 11.3. The molecule has 66 heavy (non-hydrogen) atoms. The molecule has 0 saturated heterocycles. The Morgan fingerprint density at radius 1 is 0.348 bits per heavy atom. The van der Waals surface area contributed by atoms with Gasteiger partial charge in [-0.25, -0.2) is 9.97 Å². The van der Waals surface area contributed by atoms with Gasteiger partial charge in [0.25, 0.3) is 0 Å². The van der Waals surface area contributed by atoms with Crippen molar-refractivity contribution in [3.05, 3.63) is 241 Å². The second-order valence-corrected chi connectivity index (χ2v) is 17.3. The van der Waals surface area contributed by atoms with Crippen LogP contribution >= 0.6 is 0 Å². The molecule has 0 aliphatic rings. The summed E-state index contributed by atoms with van der Waals surface area (Å²) in [5, 5.41) is 2.45. The molecule has 0 aliphatic carbocycles. The summed E-state index contributed by atoms with van der Waals surface area (Å²) in [6.45, 7) is 8.72. The summed E-state index contributed by atoms with van der Waals surface area (Å²) >= 11 is 0. The molecule has 0 radical (unpaired) electrons. The molecule has 11 rings (SSSR count). The molecule has 0 aliphatic heterocycles. The van der Waals surface area contributed by atoms with Crippen LogP contribution in [0.4, 0.5) is 17.1 Å². The maximum atomic E-state index is 5.13. The standard InChI is InChI=1S/C62H48N4/c1-41-17-11-13-23-53(41)58-40-57(63-62(64-58)54-24-14-12-18-42(54)2)46-29-27-45(28-30-46)48-37-43(3)61(44(4)38-48)47-31-33-51(34-32-47)66-59-26-16-15-25-55(59)56-39-52(35-36-60(56)66)65(49-19-7-5-8-20-49)50-21-9-6-10-22-50/h5-40H,1-4H3. The van der Waals surface area contributed by atoms with Crippen molar-refractivity contribution in [1.82, 2.24) is 14.5 Å². The van der Waals surface area contributed by atoms with Crippen LogP contribution in [-0.2, 0) is 0 Å². The van der Waals surface area contributed by atoms with Crippen LogP contribution in [0.5, 0.6) is 0 Å². The molecule has 2 aromatic heterocycles. The van der Waals surface area contributed by atoms with Crippen molar-refractivity contribution >= 4 is 38.9 Å². The molecule has 0 spiro atoms. The topological polar surface area (TPSA) is 34.0 Å². The molecule has 0 N–H and O–H groups in total. The van der Waals surface area contributed by atoms with Gasteiger partial charge in [0.05, 0.1) is 22.4 Å². The quantitative estimate of drug-likeness (QED) is 0.145. The van der Waals surface area contributed by atoms with Gasteiger partial charge in [-0.2, -0.15) is 0 Å². The van der Waals surface area contributed by atoms with E-state index in [4.69, 9.17) is 9.97 Å². The van der Waals surface area contributed by atoms with Gasteiger partial charge in [-0.1, -0.05) is 152 Å². The van der Waals surface area contributed by atoms with Gasteiger partial charge in [-0.15, -0.1) is 0 Å². The predicted molar refractivity (Wildman–Crippen MR) is 277 cm³/mol. The Morgan fingerprint density at radius 3 is 1.53 bits per heavy atom. The van der Waals surface area contributed by atoms with Crippen LogP contribution in [0.1, 0.15) is 22.3 Å². The molecule has 0 fully saturated rings. The Balaban J connectivity index is 0.906. The Kier molecular flexibility index (Phi) is 10.4. The Morgan fingerprint density at radius 2 is 0.879 bits per heavy atom. The third-order valence-corrected chi connectivity index (χ3v) is 12.9. The third kappa shape index (κ3) is 7.42. The molecule has 0 bridgehead atoms. The first-order valence-electron chi connectivity index (χ1n) is 22.7. The number of nitrogens with zero attached hydrogens (tertiary/aromatic N) is 4. The van der Waals surface area contributed by atoms with E-state index in [1.54, 1.807) is 0 Å². The maximum Gasteiger partial charge on any atom is 0.160 e. The molecule has 0 saturated carbocycles. The van der Waals surface area contributed by atoms with Crippen LogP contribution in [0.25, 0.3) is 83.6 Å². The van der Waals surface area contributed by atoms with E-state index in [2.05, 4.69) is 256 Å². The molecule has 9 aromatic carbocycles. The number of fused-ring (bicyclic) bond motifs is 3. The predicted octanol–water partition coefficient (Wildman–Crippen LogP) is 16.6. The zero-order valence-electron chi connectivity index (χ0n) is 37.6. The summed E-state index contributed by atoms with van der Waals surface area (Å²) in [4.78, 5) is 12.6. The van der Waals surface area contributed by atoms with E-state index in [1.807, 2.05) is 0 Å².